The van der Waals surface area contributed by atoms with Crippen LogP contribution in [0.5, 0.6) is 0 Å². The fourth-order valence-corrected chi connectivity index (χ4v) is 8.38. The number of methoxy groups -OCH3 is 1. The predicted octanol–water partition coefficient (Wildman–Crippen LogP) is 3.31. The Balaban J connectivity index is 3.38. The molecule has 0 heterocycles. The number of carbonyl (C=O) groups excluding carboxylic acids is 2. The minimum atomic E-state index is -2.15. The van der Waals surface area contributed by atoms with E-state index >= 15 is 0 Å². The largest absolute Gasteiger partial charge is 0.467 e. The van der Waals surface area contributed by atoms with Gasteiger partial charge in [-0.15, -0.1) is 0 Å². The third-order valence-electron chi connectivity index (χ3n) is 4.57. The number of hydrogen-bond donors (Lipinski definition) is 1. The topological polar surface area (TPSA) is 64.6 Å². The van der Waals surface area contributed by atoms with Crippen molar-refractivity contribution in [2.75, 3.05) is 13.7 Å². The summed E-state index contributed by atoms with van der Waals surface area (Å²) in [5.41, 5.74) is -0.302. The maximum absolute atomic E-state index is 12.5. The Morgan fingerprint density at radius 1 is 1.16 bits per heavy atom. The molecule has 0 bridgehead atoms. The lowest BCUT2D eigenvalue weighted by atomic mass is 9.87. The average molecular weight is 366 g/mol. The number of nitrogens with one attached hydrogen (secondary N) is 1. The molecule has 1 aromatic carbocycles. The zero-order valence-electron chi connectivity index (χ0n) is 16.4. The SMILES string of the molecule is CCOC(=O)N[C@@H](C(=O)OC)[C@H](C(C)(C)C)[Si](C)(C)c1ccccc1. The Morgan fingerprint density at radius 2 is 1.72 bits per heavy atom. The number of rotatable bonds is 6. The summed E-state index contributed by atoms with van der Waals surface area (Å²) in [5.74, 6) is -0.440. The molecule has 0 aliphatic heterocycles. The minimum Gasteiger partial charge on any atom is -0.467 e. The summed E-state index contributed by atoms with van der Waals surface area (Å²) in [7, 11) is -0.801. The monoisotopic (exact) mass is 365 g/mol. The average Bonchev–Trinajstić information content (AvgIpc) is 2.53. The Bertz CT molecular complexity index is 581. The van der Waals surface area contributed by atoms with Crippen LogP contribution < -0.4 is 10.5 Å². The fourth-order valence-electron chi connectivity index (χ4n) is 3.75. The van der Waals surface area contributed by atoms with E-state index in [2.05, 4.69) is 51.3 Å². The van der Waals surface area contributed by atoms with Gasteiger partial charge < -0.3 is 14.8 Å². The van der Waals surface area contributed by atoms with E-state index in [-0.39, 0.29) is 17.6 Å². The van der Waals surface area contributed by atoms with Crippen molar-refractivity contribution in [1.82, 2.24) is 5.32 Å². The summed E-state index contributed by atoms with van der Waals surface area (Å²) in [4.78, 5) is 24.6. The molecule has 0 unspecified atom stereocenters. The van der Waals surface area contributed by atoms with E-state index < -0.39 is 26.2 Å². The number of esters is 1. The zero-order chi connectivity index (χ0) is 19.3. The molecule has 1 N–H and O–H groups in total. The molecule has 6 heteroatoms. The number of benzene rings is 1. The van der Waals surface area contributed by atoms with Crippen molar-refractivity contribution in [2.45, 2.75) is 52.4 Å². The molecule has 1 aromatic rings. The third kappa shape index (κ3) is 5.32. The van der Waals surface area contributed by atoms with Gasteiger partial charge in [-0.3, -0.25) is 0 Å². The second-order valence-electron chi connectivity index (χ2n) is 7.80. The zero-order valence-corrected chi connectivity index (χ0v) is 17.4. The van der Waals surface area contributed by atoms with Gasteiger partial charge in [-0.2, -0.15) is 0 Å². The van der Waals surface area contributed by atoms with E-state index in [0.717, 1.165) is 0 Å². The highest BCUT2D eigenvalue weighted by molar-refractivity contribution is 6.91. The summed E-state index contributed by atoms with van der Waals surface area (Å²) < 4.78 is 10.0. The van der Waals surface area contributed by atoms with Gasteiger partial charge in [0.2, 0.25) is 0 Å². The molecule has 25 heavy (non-hydrogen) atoms. The van der Waals surface area contributed by atoms with Crippen molar-refractivity contribution in [3.8, 4) is 0 Å². The lowest BCUT2D eigenvalue weighted by Gasteiger charge is -2.45. The molecule has 0 saturated heterocycles. The van der Waals surface area contributed by atoms with Gasteiger partial charge in [0.1, 0.15) is 6.04 Å². The molecular weight excluding hydrogens is 334 g/mol. The molecule has 0 radical (unpaired) electrons. The molecule has 0 saturated carbocycles. The van der Waals surface area contributed by atoms with Crippen LogP contribution in [-0.4, -0.2) is 39.9 Å². The summed E-state index contributed by atoms with van der Waals surface area (Å²) >= 11 is 0. The Kier molecular flexibility index (Phi) is 7.23. The van der Waals surface area contributed by atoms with E-state index in [4.69, 9.17) is 9.47 Å². The van der Waals surface area contributed by atoms with Crippen LogP contribution in [-0.2, 0) is 14.3 Å². The molecule has 0 aliphatic carbocycles. The Morgan fingerprint density at radius 3 is 2.16 bits per heavy atom. The van der Waals surface area contributed by atoms with E-state index in [0.29, 0.717) is 0 Å². The lowest BCUT2D eigenvalue weighted by molar-refractivity contribution is -0.143. The van der Waals surface area contributed by atoms with Crippen LogP contribution in [0.3, 0.4) is 0 Å². The van der Waals surface area contributed by atoms with Gasteiger partial charge in [0.05, 0.1) is 21.8 Å². The van der Waals surface area contributed by atoms with Gasteiger partial charge >= 0.3 is 12.1 Å². The van der Waals surface area contributed by atoms with Crippen LogP contribution >= 0.6 is 0 Å². The normalized spacial score (nSPS) is 14.4. The molecule has 1 rings (SSSR count). The fraction of sp³-hybridized carbons (Fsp3) is 0.579. The maximum atomic E-state index is 12.5. The van der Waals surface area contributed by atoms with Gasteiger partial charge in [0.15, 0.2) is 0 Å². The van der Waals surface area contributed by atoms with Gasteiger partial charge in [-0.1, -0.05) is 69.4 Å². The predicted molar refractivity (Wildman–Crippen MR) is 103 cm³/mol. The third-order valence-corrected chi connectivity index (χ3v) is 9.14. The van der Waals surface area contributed by atoms with Crippen LogP contribution in [0.1, 0.15) is 27.7 Å². The number of ether oxygens (including phenoxy) is 2. The van der Waals surface area contributed by atoms with Crippen LogP contribution in [0.2, 0.25) is 18.6 Å². The number of hydrogen-bond acceptors (Lipinski definition) is 4. The van der Waals surface area contributed by atoms with Crippen LogP contribution in [0, 0.1) is 5.41 Å². The highest BCUT2D eigenvalue weighted by atomic mass is 28.3. The highest BCUT2D eigenvalue weighted by Gasteiger charge is 2.49. The van der Waals surface area contributed by atoms with Crippen molar-refractivity contribution in [2.24, 2.45) is 5.41 Å². The van der Waals surface area contributed by atoms with Gasteiger partial charge in [-0.05, 0) is 17.9 Å². The molecule has 0 aliphatic rings. The minimum absolute atomic E-state index is 0.0840. The Labute approximate surface area is 152 Å². The molecule has 140 valence electrons. The molecule has 0 spiro atoms. The Hall–Kier alpha value is -1.82. The number of alkyl carbamates (subject to hydrolysis) is 1. The van der Waals surface area contributed by atoms with Crippen LogP contribution in [0.4, 0.5) is 4.79 Å². The highest BCUT2D eigenvalue weighted by Crippen LogP contribution is 2.42. The molecular formula is C19H31NO4Si. The lowest BCUT2D eigenvalue weighted by Crippen LogP contribution is -2.60. The van der Waals surface area contributed by atoms with Gasteiger partial charge in [-0.25, -0.2) is 9.59 Å². The molecule has 0 aromatic heterocycles. The maximum Gasteiger partial charge on any atom is 0.407 e. The first-order valence-electron chi connectivity index (χ1n) is 8.62. The summed E-state index contributed by atoms with van der Waals surface area (Å²) in [6, 6.07) is 9.44. The van der Waals surface area contributed by atoms with Crippen molar-refractivity contribution < 1.29 is 19.1 Å². The number of carbonyl (C=O) groups is 2. The summed E-state index contributed by atoms with van der Waals surface area (Å²) in [6.07, 6.45) is -0.593. The van der Waals surface area contributed by atoms with Crippen LogP contribution in [0.15, 0.2) is 30.3 Å². The van der Waals surface area contributed by atoms with E-state index in [1.54, 1.807) is 6.92 Å². The quantitative estimate of drug-likeness (QED) is 0.620. The van der Waals surface area contributed by atoms with Crippen molar-refractivity contribution in [3.05, 3.63) is 30.3 Å². The first kappa shape index (κ1) is 21.2. The van der Waals surface area contributed by atoms with Crippen molar-refractivity contribution >= 4 is 25.3 Å². The van der Waals surface area contributed by atoms with Gasteiger partial charge in [0, 0.05) is 0 Å². The van der Waals surface area contributed by atoms with E-state index in [1.165, 1.54) is 12.3 Å². The van der Waals surface area contributed by atoms with Crippen molar-refractivity contribution in [1.29, 1.82) is 0 Å². The van der Waals surface area contributed by atoms with Crippen molar-refractivity contribution in [3.63, 3.8) is 0 Å². The summed E-state index contributed by atoms with van der Waals surface area (Å²) in [5, 5.41) is 3.98. The van der Waals surface area contributed by atoms with E-state index in [1.807, 2.05) is 18.2 Å². The second-order valence-corrected chi connectivity index (χ2v) is 12.4. The smallest absolute Gasteiger partial charge is 0.407 e. The second kappa shape index (κ2) is 8.51. The van der Waals surface area contributed by atoms with E-state index in [9.17, 15) is 9.59 Å². The summed E-state index contributed by atoms with van der Waals surface area (Å²) in [6.45, 7) is 12.7. The molecule has 2 atom stereocenters. The van der Waals surface area contributed by atoms with Crippen LogP contribution in [0.25, 0.3) is 0 Å². The molecule has 1 amide bonds. The molecule has 0 fully saturated rings. The van der Waals surface area contributed by atoms with Gasteiger partial charge in [0.25, 0.3) is 0 Å². The number of amides is 1. The first-order chi connectivity index (χ1) is 11.6. The first-order valence-corrected chi connectivity index (χ1v) is 11.7. The standard InChI is InChI=1S/C19H31NO4Si/c1-8-24-18(22)20-15(17(21)23-5)16(19(2,3)4)25(6,7)14-12-10-9-11-13-14/h9-13,15-16H,8H2,1-7H3,(H,20,22)/t15-,16-/m1/s1. The molecule has 5 nitrogen and oxygen atoms in total.